The number of aromatic nitrogens is 1. The van der Waals surface area contributed by atoms with E-state index in [-0.39, 0.29) is 5.41 Å². The minimum absolute atomic E-state index is 0.268. The van der Waals surface area contributed by atoms with E-state index in [1.54, 1.807) is 11.3 Å². The fraction of sp³-hybridized carbons (Fsp3) is 0.526. The van der Waals surface area contributed by atoms with Gasteiger partial charge in [0.25, 0.3) is 0 Å². The summed E-state index contributed by atoms with van der Waals surface area (Å²) in [6.45, 7) is 10.9. The number of carboxylic acid groups (broad SMARTS) is 1. The van der Waals surface area contributed by atoms with Gasteiger partial charge in [0.05, 0.1) is 5.56 Å². The Labute approximate surface area is 142 Å². The van der Waals surface area contributed by atoms with Gasteiger partial charge in [0.2, 0.25) is 0 Å². The van der Waals surface area contributed by atoms with Crippen LogP contribution >= 0.6 is 11.3 Å². The van der Waals surface area contributed by atoms with E-state index in [0.29, 0.717) is 11.5 Å². The summed E-state index contributed by atoms with van der Waals surface area (Å²) in [6.07, 6.45) is 2.97. The number of nitrogens with zero attached hydrogens (tertiary/aromatic N) is 1. The van der Waals surface area contributed by atoms with E-state index >= 15 is 0 Å². The molecule has 0 radical (unpaired) electrons. The molecule has 0 bridgehead atoms. The number of rotatable bonds is 2. The monoisotopic (exact) mass is 331 g/mol. The quantitative estimate of drug-likeness (QED) is 0.841. The molecule has 2 aromatic heterocycles. The Balaban J connectivity index is 2.14. The van der Waals surface area contributed by atoms with E-state index in [1.165, 1.54) is 4.88 Å². The van der Waals surface area contributed by atoms with Gasteiger partial charge in [0.15, 0.2) is 0 Å². The molecule has 0 aliphatic heterocycles. The first-order valence-electron chi connectivity index (χ1n) is 8.23. The third kappa shape index (κ3) is 2.74. The minimum atomic E-state index is -0.792. The predicted molar refractivity (Wildman–Crippen MR) is 95.0 cm³/mol. The van der Waals surface area contributed by atoms with Crippen LogP contribution in [-0.2, 0) is 12.8 Å². The maximum Gasteiger partial charge on any atom is 0.339 e. The zero-order valence-electron chi connectivity index (χ0n) is 14.6. The molecule has 3 nitrogen and oxygen atoms in total. The summed E-state index contributed by atoms with van der Waals surface area (Å²) in [7, 11) is 0. The average Bonchev–Trinajstić information content (AvgIpc) is 2.96. The molecule has 0 amide bonds. The molecule has 23 heavy (non-hydrogen) atoms. The van der Waals surface area contributed by atoms with Crippen molar-refractivity contribution in [2.24, 2.45) is 11.3 Å². The topological polar surface area (TPSA) is 42.2 Å². The van der Waals surface area contributed by atoms with Crippen molar-refractivity contribution in [1.82, 2.24) is 4.57 Å². The Morgan fingerprint density at radius 2 is 1.87 bits per heavy atom. The third-order valence-corrected chi connectivity index (χ3v) is 6.40. The Morgan fingerprint density at radius 3 is 2.39 bits per heavy atom. The highest BCUT2D eigenvalue weighted by Gasteiger charge is 2.34. The van der Waals surface area contributed by atoms with Crippen LogP contribution in [0.1, 0.15) is 59.4 Å². The van der Waals surface area contributed by atoms with E-state index in [2.05, 4.69) is 37.5 Å². The van der Waals surface area contributed by atoms with Crippen LogP contribution in [0.4, 0.5) is 0 Å². The molecule has 3 rings (SSSR count). The zero-order valence-corrected chi connectivity index (χ0v) is 15.4. The van der Waals surface area contributed by atoms with Crippen LogP contribution in [0.5, 0.6) is 0 Å². The van der Waals surface area contributed by atoms with Gasteiger partial charge in [0, 0.05) is 16.3 Å². The first-order chi connectivity index (χ1) is 10.7. The molecule has 4 heteroatoms. The lowest BCUT2D eigenvalue weighted by atomic mass is 9.72. The average molecular weight is 331 g/mol. The molecule has 124 valence electrons. The van der Waals surface area contributed by atoms with Crippen molar-refractivity contribution in [2.45, 2.75) is 53.9 Å². The van der Waals surface area contributed by atoms with E-state index in [9.17, 15) is 9.90 Å². The first kappa shape index (κ1) is 16.3. The Morgan fingerprint density at radius 1 is 1.26 bits per heavy atom. The summed E-state index contributed by atoms with van der Waals surface area (Å²) in [4.78, 5) is 13.2. The van der Waals surface area contributed by atoms with E-state index in [1.807, 2.05) is 13.8 Å². The second-order valence-corrected chi connectivity index (χ2v) is 8.83. The van der Waals surface area contributed by atoms with Gasteiger partial charge in [-0.2, -0.15) is 0 Å². The highest BCUT2D eigenvalue weighted by Crippen LogP contribution is 2.44. The zero-order chi connectivity index (χ0) is 16.9. The van der Waals surface area contributed by atoms with Crippen LogP contribution in [0, 0.1) is 25.2 Å². The molecule has 0 aromatic carbocycles. The number of carbonyl (C=O) groups is 1. The Hall–Kier alpha value is -1.55. The van der Waals surface area contributed by atoms with Crippen molar-refractivity contribution in [3.05, 3.63) is 39.5 Å². The summed E-state index contributed by atoms with van der Waals surface area (Å²) in [6, 6.07) is 4.11. The normalized spacial score (nSPS) is 18.0. The van der Waals surface area contributed by atoms with Crippen LogP contribution in [0.25, 0.3) is 5.00 Å². The molecule has 0 unspecified atom stereocenters. The van der Waals surface area contributed by atoms with E-state index < -0.39 is 5.97 Å². The molecule has 1 aliphatic carbocycles. The Bertz CT molecular complexity index is 742. The van der Waals surface area contributed by atoms with Crippen LogP contribution in [-0.4, -0.2) is 15.6 Å². The van der Waals surface area contributed by atoms with Crippen molar-refractivity contribution < 1.29 is 9.90 Å². The van der Waals surface area contributed by atoms with Gasteiger partial charge in [-0.15, -0.1) is 11.3 Å². The van der Waals surface area contributed by atoms with Crippen LogP contribution in [0.3, 0.4) is 0 Å². The summed E-state index contributed by atoms with van der Waals surface area (Å²) >= 11 is 1.68. The largest absolute Gasteiger partial charge is 0.478 e. The highest BCUT2D eigenvalue weighted by atomic mass is 32.1. The van der Waals surface area contributed by atoms with E-state index in [4.69, 9.17) is 0 Å². The lowest BCUT2D eigenvalue weighted by Gasteiger charge is -2.33. The second kappa shape index (κ2) is 5.52. The number of fused-ring (bicyclic) bond motifs is 1. The molecule has 2 aromatic rings. The standard InChI is InChI=1S/C19H25NO2S/c1-11-6-7-12(2)20(11)17-16(18(21)22)14-9-8-13(19(3,4)5)10-15(14)23-17/h6-7,13H,8-10H2,1-5H3,(H,21,22)/t13-/m1/s1. The smallest absolute Gasteiger partial charge is 0.339 e. The lowest BCUT2D eigenvalue weighted by Crippen LogP contribution is -2.26. The van der Waals surface area contributed by atoms with Crippen molar-refractivity contribution in [2.75, 3.05) is 0 Å². The van der Waals surface area contributed by atoms with Gasteiger partial charge >= 0.3 is 5.97 Å². The number of aryl methyl sites for hydroxylation is 2. The lowest BCUT2D eigenvalue weighted by molar-refractivity contribution is 0.0695. The SMILES string of the molecule is Cc1ccc(C)n1-c1sc2c(c1C(=O)O)CC[C@@H](C(C)(C)C)C2. The van der Waals surface area contributed by atoms with E-state index in [0.717, 1.165) is 41.2 Å². The van der Waals surface area contributed by atoms with Crippen LogP contribution in [0.15, 0.2) is 12.1 Å². The highest BCUT2D eigenvalue weighted by molar-refractivity contribution is 7.15. The molecule has 1 atom stereocenters. The van der Waals surface area contributed by atoms with Gasteiger partial charge in [-0.1, -0.05) is 20.8 Å². The molecule has 0 fully saturated rings. The van der Waals surface area contributed by atoms with Gasteiger partial charge in [0.1, 0.15) is 5.00 Å². The van der Waals surface area contributed by atoms with Crippen LogP contribution < -0.4 is 0 Å². The maximum atomic E-state index is 11.9. The summed E-state index contributed by atoms with van der Waals surface area (Å²) in [5, 5.41) is 10.7. The Kier molecular flexibility index (Phi) is 3.91. The summed E-state index contributed by atoms with van der Waals surface area (Å²) < 4.78 is 2.10. The minimum Gasteiger partial charge on any atom is -0.478 e. The molecule has 1 aliphatic rings. The molecule has 0 spiro atoms. The fourth-order valence-electron chi connectivity index (χ4n) is 3.68. The maximum absolute atomic E-state index is 11.9. The van der Waals surface area contributed by atoms with Gasteiger partial charge in [-0.3, -0.25) is 0 Å². The summed E-state index contributed by atoms with van der Waals surface area (Å²) in [5.74, 6) is -0.172. The molecular weight excluding hydrogens is 306 g/mol. The van der Waals surface area contributed by atoms with Crippen molar-refractivity contribution in [1.29, 1.82) is 0 Å². The number of aromatic carboxylic acids is 1. The number of hydrogen-bond donors (Lipinski definition) is 1. The van der Waals surface area contributed by atoms with Crippen LogP contribution in [0.2, 0.25) is 0 Å². The second-order valence-electron chi connectivity index (χ2n) is 7.75. The molecular formula is C19H25NO2S. The van der Waals surface area contributed by atoms with Crippen molar-refractivity contribution in [3.8, 4) is 5.00 Å². The van der Waals surface area contributed by atoms with Gasteiger partial charge in [-0.05, 0) is 62.1 Å². The third-order valence-electron chi connectivity index (χ3n) is 5.16. The molecule has 0 saturated heterocycles. The number of thiophene rings is 1. The van der Waals surface area contributed by atoms with Gasteiger partial charge < -0.3 is 9.67 Å². The number of hydrogen-bond acceptors (Lipinski definition) is 2. The molecule has 2 heterocycles. The number of carboxylic acids is 1. The fourth-order valence-corrected chi connectivity index (χ4v) is 5.21. The first-order valence-corrected chi connectivity index (χ1v) is 9.05. The van der Waals surface area contributed by atoms with Crippen molar-refractivity contribution >= 4 is 17.3 Å². The molecule has 0 saturated carbocycles. The summed E-state index contributed by atoms with van der Waals surface area (Å²) in [5.41, 5.74) is 4.06. The molecule has 1 N–H and O–H groups in total. The van der Waals surface area contributed by atoms with Gasteiger partial charge in [-0.25, -0.2) is 4.79 Å². The van der Waals surface area contributed by atoms with Crippen molar-refractivity contribution in [3.63, 3.8) is 0 Å². The predicted octanol–water partition coefficient (Wildman–Crippen LogP) is 5.00.